The van der Waals surface area contributed by atoms with E-state index in [1.54, 1.807) is 11.3 Å². The van der Waals surface area contributed by atoms with E-state index < -0.39 is 12.1 Å². The molecule has 1 spiro atoms. The number of alkyl halides is 3. The van der Waals surface area contributed by atoms with Gasteiger partial charge in [-0.05, 0) is 49.3 Å². The van der Waals surface area contributed by atoms with Crippen molar-refractivity contribution < 1.29 is 27.9 Å². The van der Waals surface area contributed by atoms with Gasteiger partial charge in [0.1, 0.15) is 0 Å². The highest BCUT2D eigenvalue weighted by Gasteiger charge is 2.43. The molecule has 1 N–H and O–H groups in total. The second-order valence-electron chi connectivity index (χ2n) is 8.51. The molecule has 2 aliphatic heterocycles. The molecule has 1 aromatic carbocycles. The molecule has 4 rings (SSSR count). The highest BCUT2D eigenvalue weighted by Crippen LogP contribution is 2.42. The maximum atomic E-state index is 12.7. The van der Waals surface area contributed by atoms with E-state index in [1.165, 1.54) is 11.1 Å². The average molecular weight is 469 g/mol. The Labute approximate surface area is 189 Å². The summed E-state index contributed by atoms with van der Waals surface area (Å²) in [5.74, 6) is -2.55. The van der Waals surface area contributed by atoms with Gasteiger partial charge in [-0.2, -0.15) is 13.2 Å². The van der Waals surface area contributed by atoms with Crippen molar-refractivity contribution in [2.75, 3.05) is 19.6 Å². The smallest absolute Gasteiger partial charge is 0.475 e. The molecule has 2 aliphatic rings. The van der Waals surface area contributed by atoms with Crippen LogP contribution >= 0.6 is 11.3 Å². The van der Waals surface area contributed by atoms with Crippen LogP contribution in [0.1, 0.15) is 47.5 Å². The number of carbonyl (C=O) groups is 2. The quantitative estimate of drug-likeness (QED) is 0.689. The third-order valence-electron chi connectivity index (χ3n) is 6.18. The van der Waals surface area contributed by atoms with Crippen molar-refractivity contribution in [3.8, 4) is 0 Å². The predicted molar refractivity (Wildman–Crippen MR) is 117 cm³/mol. The van der Waals surface area contributed by atoms with Gasteiger partial charge in [0.05, 0.1) is 4.88 Å². The van der Waals surface area contributed by atoms with Gasteiger partial charge in [0.15, 0.2) is 0 Å². The van der Waals surface area contributed by atoms with Gasteiger partial charge in [-0.15, -0.1) is 11.3 Å². The van der Waals surface area contributed by atoms with E-state index >= 15 is 0 Å². The lowest BCUT2D eigenvalue weighted by Gasteiger charge is -2.49. The fourth-order valence-corrected chi connectivity index (χ4v) is 5.10. The number of rotatable bonds is 2. The number of carboxylic acids is 1. The maximum Gasteiger partial charge on any atom is 0.490 e. The Balaban J connectivity index is 0.000000360. The third kappa shape index (κ3) is 5.32. The number of hydrogen-bond acceptors (Lipinski definition) is 4. The lowest BCUT2D eigenvalue weighted by molar-refractivity contribution is -0.192. The fraction of sp³-hybridized carbons (Fsp3) is 0.478. The first-order chi connectivity index (χ1) is 15.0. The van der Waals surface area contributed by atoms with Crippen LogP contribution in [-0.4, -0.2) is 58.6 Å². The maximum absolute atomic E-state index is 12.7. The molecule has 174 valence electrons. The zero-order chi connectivity index (χ0) is 23.5. The predicted octanol–water partition coefficient (Wildman–Crippen LogP) is 4.78. The van der Waals surface area contributed by atoms with Crippen molar-refractivity contribution in [3.63, 3.8) is 0 Å². The van der Waals surface area contributed by atoms with Gasteiger partial charge in [0.2, 0.25) is 0 Å². The Morgan fingerprint density at radius 2 is 1.72 bits per heavy atom. The van der Waals surface area contributed by atoms with E-state index in [-0.39, 0.29) is 11.3 Å². The molecule has 3 heterocycles. The van der Waals surface area contributed by atoms with E-state index in [4.69, 9.17) is 9.90 Å². The first-order valence-corrected chi connectivity index (χ1v) is 11.4. The summed E-state index contributed by atoms with van der Waals surface area (Å²) in [6.07, 6.45) is -2.96. The Morgan fingerprint density at radius 1 is 1.09 bits per heavy atom. The largest absolute Gasteiger partial charge is 0.490 e. The number of benzene rings is 1. The van der Waals surface area contributed by atoms with Crippen LogP contribution in [-0.2, 0) is 16.8 Å². The van der Waals surface area contributed by atoms with Crippen molar-refractivity contribution in [2.45, 2.75) is 50.9 Å². The van der Waals surface area contributed by atoms with Crippen LogP contribution in [0.3, 0.4) is 0 Å². The van der Waals surface area contributed by atoms with Gasteiger partial charge in [-0.25, -0.2) is 4.79 Å². The first kappa shape index (κ1) is 24.3. The average Bonchev–Trinajstić information content (AvgIpc) is 3.28. The summed E-state index contributed by atoms with van der Waals surface area (Å²) in [7, 11) is 0. The van der Waals surface area contributed by atoms with Crippen LogP contribution in [0.5, 0.6) is 0 Å². The molecule has 2 aromatic rings. The molecule has 0 bridgehead atoms. The van der Waals surface area contributed by atoms with Crippen LogP contribution in [0.2, 0.25) is 0 Å². The number of hydrogen-bond donors (Lipinski definition) is 1. The highest BCUT2D eigenvalue weighted by atomic mass is 32.1. The Morgan fingerprint density at radius 3 is 2.25 bits per heavy atom. The topological polar surface area (TPSA) is 60.9 Å². The molecular weight excluding hydrogens is 441 g/mol. The van der Waals surface area contributed by atoms with E-state index in [0.717, 1.165) is 43.9 Å². The molecule has 1 fully saturated rings. The number of piperidine rings is 1. The summed E-state index contributed by atoms with van der Waals surface area (Å²) in [5, 5.41) is 9.11. The van der Waals surface area contributed by atoms with Gasteiger partial charge in [0, 0.05) is 37.6 Å². The zero-order valence-electron chi connectivity index (χ0n) is 18.1. The van der Waals surface area contributed by atoms with Gasteiger partial charge in [-0.1, -0.05) is 30.3 Å². The fourth-order valence-electron chi connectivity index (χ4n) is 4.41. The molecule has 0 unspecified atom stereocenters. The van der Waals surface area contributed by atoms with E-state index in [2.05, 4.69) is 43.0 Å². The van der Waals surface area contributed by atoms with Crippen molar-refractivity contribution in [2.24, 2.45) is 0 Å². The third-order valence-corrected chi connectivity index (χ3v) is 7.04. The zero-order valence-corrected chi connectivity index (χ0v) is 18.9. The number of thiophene rings is 1. The number of carbonyl (C=O) groups excluding carboxylic acids is 1. The molecule has 9 heteroatoms. The SMILES string of the molecule is CC(C)N1Cc2ccccc2C2(CCN(C(=O)c3cccs3)CC2)C1.O=C(O)C(F)(F)F. The number of likely N-dealkylation sites (tertiary alicyclic amines) is 1. The lowest BCUT2D eigenvalue weighted by Crippen LogP contribution is -2.54. The van der Waals surface area contributed by atoms with E-state index in [9.17, 15) is 18.0 Å². The molecular formula is C23H27F3N2O3S. The number of halogens is 3. The van der Waals surface area contributed by atoms with Crippen LogP contribution in [0.4, 0.5) is 13.2 Å². The minimum absolute atomic E-state index is 0.200. The Bertz CT molecular complexity index is 936. The summed E-state index contributed by atoms with van der Waals surface area (Å²) in [4.78, 5) is 27.1. The summed E-state index contributed by atoms with van der Waals surface area (Å²) in [6.45, 7) is 8.46. The van der Waals surface area contributed by atoms with E-state index in [0.29, 0.717) is 6.04 Å². The molecule has 32 heavy (non-hydrogen) atoms. The Hall–Kier alpha value is -2.39. The molecule has 0 atom stereocenters. The first-order valence-electron chi connectivity index (χ1n) is 10.5. The van der Waals surface area contributed by atoms with Crippen LogP contribution in [0.25, 0.3) is 0 Å². The molecule has 0 saturated carbocycles. The van der Waals surface area contributed by atoms with Crippen molar-refractivity contribution in [1.82, 2.24) is 9.80 Å². The van der Waals surface area contributed by atoms with Gasteiger partial charge >= 0.3 is 12.1 Å². The minimum atomic E-state index is -5.08. The number of amides is 1. The lowest BCUT2D eigenvalue weighted by atomic mass is 9.68. The number of carboxylic acid groups (broad SMARTS) is 1. The van der Waals surface area contributed by atoms with Gasteiger partial charge in [-0.3, -0.25) is 9.69 Å². The number of fused-ring (bicyclic) bond motifs is 2. The molecule has 0 radical (unpaired) electrons. The standard InChI is InChI=1S/C21H26N2OS.C2HF3O2/c1-16(2)23-14-17-6-3-4-7-18(17)21(15-23)9-11-22(12-10-21)20(24)19-8-5-13-25-19;3-2(4,5)1(6)7/h3-8,13,16H,9-12,14-15H2,1-2H3;(H,6,7). The summed E-state index contributed by atoms with van der Waals surface area (Å²) >= 11 is 1.55. The Kier molecular flexibility index (Phi) is 7.29. The van der Waals surface area contributed by atoms with E-state index in [1.807, 2.05) is 22.4 Å². The van der Waals surface area contributed by atoms with Crippen LogP contribution in [0, 0.1) is 0 Å². The number of nitrogens with zero attached hydrogens (tertiary/aromatic N) is 2. The molecule has 0 aliphatic carbocycles. The summed E-state index contributed by atoms with van der Waals surface area (Å²) in [5.41, 5.74) is 3.20. The van der Waals surface area contributed by atoms with Crippen LogP contribution < -0.4 is 0 Å². The monoisotopic (exact) mass is 468 g/mol. The van der Waals surface area contributed by atoms with Crippen molar-refractivity contribution in [1.29, 1.82) is 0 Å². The molecule has 5 nitrogen and oxygen atoms in total. The molecule has 1 amide bonds. The van der Waals surface area contributed by atoms with Gasteiger partial charge < -0.3 is 10.0 Å². The highest BCUT2D eigenvalue weighted by molar-refractivity contribution is 7.12. The second kappa shape index (κ2) is 9.62. The summed E-state index contributed by atoms with van der Waals surface area (Å²) in [6, 6.07) is 13.4. The second-order valence-corrected chi connectivity index (χ2v) is 9.46. The molecule has 1 aromatic heterocycles. The van der Waals surface area contributed by atoms with Gasteiger partial charge in [0.25, 0.3) is 5.91 Å². The normalized spacial score (nSPS) is 18.1. The minimum Gasteiger partial charge on any atom is -0.475 e. The molecule has 1 saturated heterocycles. The summed E-state index contributed by atoms with van der Waals surface area (Å²) < 4.78 is 31.7. The van der Waals surface area contributed by atoms with Crippen molar-refractivity contribution in [3.05, 3.63) is 57.8 Å². The van der Waals surface area contributed by atoms with Crippen molar-refractivity contribution >= 4 is 23.2 Å². The van der Waals surface area contributed by atoms with Crippen LogP contribution in [0.15, 0.2) is 41.8 Å². The number of aliphatic carboxylic acids is 1.